The Bertz CT molecular complexity index is 1030. The molecule has 29 heavy (non-hydrogen) atoms. The molecule has 0 spiro atoms. The quantitative estimate of drug-likeness (QED) is 0.747. The summed E-state index contributed by atoms with van der Waals surface area (Å²) in [5.74, 6) is 1.41. The number of amides is 1. The molecule has 2 aromatic heterocycles. The lowest BCUT2D eigenvalue weighted by Crippen LogP contribution is -2.65. The minimum absolute atomic E-state index is 0.0317. The Morgan fingerprint density at radius 2 is 1.86 bits per heavy atom. The molecule has 2 fully saturated rings. The number of likely N-dealkylation sites (tertiary alicyclic amines) is 1. The Hall–Kier alpha value is -3.22. The molecular formula is C22H24N6O. The SMILES string of the molecule is Cc1cc(C)nc(N2C[C@@H]3CCN(C(=O)c4cn[nH]c4-c4ccccc4)C[C@@H]32)n1. The summed E-state index contributed by atoms with van der Waals surface area (Å²) in [6, 6.07) is 12.1. The predicted molar refractivity (Wildman–Crippen MR) is 111 cm³/mol. The van der Waals surface area contributed by atoms with Gasteiger partial charge in [0.1, 0.15) is 0 Å². The lowest BCUT2D eigenvalue weighted by atomic mass is 9.82. The van der Waals surface area contributed by atoms with E-state index in [2.05, 4.69) is 25.1 Å². The smallest absolute Gasteiger partial charge is 0.257 e. The summed E-state index contributed by atoms with van der Waals surface area (Å²) in [7, 11) is 0. The van der Waals surface area contributed by atoms with E-state index in [-0.39, 0.29) is 11.9 Å². The average Bonchev–Trinajstić information content (AvgIpc) is 3.18. The molecule has 7 heteroatoms. The van der Waals surface area contributed by atoms with Gasteiger partial charge in [0.2, 0.25) is 5.95 Å². The Kier molecular flexibility index (Phi) is 4.30. The molecule has 2 aliphatic rings. The van der Waals surface area contributed by atoms with Crippen LogP contribution < -0.4 is 4.90 Å². The first kappa shape index (κ1) is 17.8. The van der Waals surface area contributed by atoms with E-state index < -0.39 is 0 Å². The number of fused-ring (bicyclic) bond motifs is 1. The molecule has 3 aromatic rings. The summed E-state index contributed by atoms with van der Waals surface area (Å²) >= 11 is 0. The van der Waals surface area contributed by atoms with Crippen LogP contribution in [-0.4, -0.2) is 56.6 Å². The van der Waals surface area contributed by atoms with Crippen molar-refractivity contribution < 1.29 is 4.79 Å². The highest BCUT2D eigenvalue weighted by molar-refractivity contribution is 5.99. The molecule has 0 aliphatic carbocycles. The molecule has 0 radical (unpaired) electrons. The Morgan fingerprint density at radius 1 is 1.10 bits per heavy atom. The molecule has 4 heterocycles. The summed E-state index contributed by atoms with van der Waals surface area (Å²) < 4.78 is 0. The molecular weight excluding hydrogens is 364 g/mol. The van der Waals surface area contributed by atoms with Crippen molar-refractivity contribution in [3.63, 3.8) is 0 Å². The van der Waals surface area contributed by atoms with Crippen LogP contribution in [0.15, 0.2) is 42.6 Å². The summed E-state index contributed by atoms with van der Waals surface area (Å²) in [5.41, 5.74) is 4.33. The van der Waals surface area contributed by atoms with Gasteiger partial charge in [0.05, 0.1) is 23.5 Å². The number of aryl methyl sites for hydroxylation is 2. The fraction of sp³-hybridized carbons (Fsp3) is 0.364. The number of anilines is 1. The highest BCUT2D eigenvalue weighted by Gasteiger charge is 2.45. The molecule has 0 bridgehead atoms. The van der Waals surface area contributed by atoms with E-state index in [0.717, 1.165) is 48.1 Å². The first-order valence-corrected chi connectivity index (χ1v) is 10.1. The van der Waals surface area contributed by atoms with Crippen LogP contribution in [0.3, 0.4) is 0 Å². The zero-order valence-corrected chi connectivity index (χ0v) is 16.7. The number of nitrogens with one attached hydrogen (secondary N) is 1. The van der Waals surface area contributed by atoms with E-state index in [4.69, 9.17) is 0 Å². The first-order chi connectivity index (χ1) is 14.1. The van der Waals surface area contributed by atoms with E-state index in [1.807, 2.05) is 55.1 Å². The van der Waals surface area contributed by atoms with Crippen molar-refractivity contribution >= 4 is 11.9 Å². The second-order valence-electron chi connectivity index (χ2n) is 8.00. The van der Waals surface area contributed by atoms with Crippen molar-refractivity contribution in [1.82, 2.24) is 25.1 Å². The number of aromatic amines is 1. The maximum absolute atomic E-state index is 13.3. The van der Waals surface area contributed by atoms with Crippen LogP contribution in [0.1, 0.15) is 28.2 Å². The van der Waals surface area contributed by atoms with Crippen molar-refractivity contribution in [2.45, 2.75) is 26.3 Å². The number of rotatable bonds is 3. The number of hydrogen-bond donors (Lipinski definition) is 1. The van der Waals surface area contributed by atoms with E-state index >= 15 is 0 Å². The van der Waals surface area contributed by atoms with Crippen molar-refractivity contribution in [2.75, 3.05) is 24.5 Å². The first-order valence-electron chi connectivity index (χ1n) is 10.1. The van der Waals surface area contributed by atoms with Gasteiger partial charge in [-0.15, -0.1) is 0 Å². The fourth-order valence-corrected chi connectivity index (χ4v) is 4.49. The number of nitrogens with zero attached hydrogens (tertiary/aromatic N) is 5. The van der Waals surface area contributed by atoms with Gasteiger partial charge in [0, 0.05) is 42.5 Å². The molecule has 1 aromatic carbocycles. The van der Waals surface area contributed by atoms with E-state index in [9.17, 15) is 4.79 Å². The monoisotopic (exact) mass is 388 g/mol. The zero-order valence-electron chi connectivity index (χ0n) is 16.7. The molecule has 0 saturated carbocycles. The van der Waals surface area contributed by atoms with Gasteiger partial charge < -0.3 is 9.80 Å². The van der Waals surface area contributed by atoms with Gasteiger partial charge in [0.25, 0.3) is 5.91 Å². The number of H-pyrrole nitrogens is 1. The van der Waals surface area contributed by atoms with Crippen LogP contribution in [-0.2, 0) is 0 Å². The van der Waals surface area contributed by atoms with E-state index in [0.29, 0.717) is 18.0 Å². The highest BCUT2D eigenvalue weighted by atomic mass is 16.2. The van der Waals surface area contributed by atoms with Crippen molar-refractivity contribution in [2.24, 2.45) is 5.92 Å². The standard InChI is InChI=1S/C22H24N6O/c1-14-10-15(2)25-22(24-14)28-12-17-8-9-27(13-19(17)28)21(29)18-11-23-26-20(18)16-6-4-3-5-7-16/h3-7,10-11,17,19H,8-9,12-13H2,1-2H3,(H,23,26)/t17-,19-/m0/s1. The zero-order chi connectivity index (χ0) is 20.0. The molecule has 2 saturated heterocycles. The predicted octanol–water partition coefficient (Wildman–Crippen LogP) is 2.83. The Morgan fingerprint density at radius 3 is 2.62 bits per heavy atom. The molecule has 1 N–H and O–H groups in total. The van der Waals surface area contributed by atoms with Crippen LogP contribution in [0.5, 0.6) is 0 Å². The van der Waals surface area contributed by atoms with Gasteiger partial charge >= 0.3 is 0 Å². The van der Waals surface area contributed by atoms with Crippen molar-refractivity contribution in [1.29, 1.82) is 0 Å². The minimum Gasteiger partial charge on any atom is -0.336 e. The molecule has 2 aliphatic heterocycles. The molecule has 5 rings (SSSR count). The largest absolute Gasteiger partial charge is 0.336 e. The lowest BCUT2D eigenvalue weighted by Gasteiger charge is -2.53. The number of hydrogen-bond acceptors (Lipinski definition) is 5. The van der Waals surface area contributed by atoms with Gasteiger partial charge in [-0.05, 0) is 26.3 Å². The second kappa shape index (κ2) is 6.99. The summed E-state index contributed by atoms with van der Waals surface area (Å²) in [5, 5.41) is 7.14. The molecule has 2 atom stereocenters. The normalized spacial score (nSPS) is 20.9. The third-order valence-electron chi connectivity index (χ3n) is 6.00. The molecule has 0 unspecified atom stereocenters. The number of piperidine rings is 1. The van der Waals surface area contributed by atoms with Crippen LogP contribution in [0.2, 0.25) is 0 Å². The van der Waals surface area contributed by atoms with Gasteiger partial charge in [-0.2, -0.15) is 5.10 Å². The topological polar surface area (TPSA) is 78.0 Å². The number of carbonyl (C=O) groups excluding carboxylic acids is 1. The summed E-state index contributed by atoms with van der Waals surface area (Å²) in [4.78, 5) is 26.7. The fourth-order valence-electron chi connectivity index (χ4n) is 4.49. The third kappa shape index (κ3) is 3.16. The van der Waals surface area contributed by atoms with Crippen molar-refractivity contribution in [3.8, 4) is 11.3 Å². The van der Waals surface area contributed by atoms with Gasteiger partial charge in [0.15, 0.2) is 0 Å². The Balaban J connectivity index is 1.36. The van der Waals surface area contributed by atoms with E-state index in [1.165, 1.54) is 0 Å². The van der Waals surface area contributed by atoms with Crippen molar-refractivity contribution in [3.05, 3.63) is 59.5 Å². The number of aromatic nitrogens is 4. The van der Waals surface area contributed by atoms with Crippen LogP contribution in [0, 0.1) is 19.8 Å². The van der Waals surface area contributed by atoms with E-state index in [1.54, 1.807) is 6.20 Å². The number of carbonyl (C=O) groups is 1. The highest BCUT2D eigenvalue weighted by Crippen LogP contribution is 2.36. The average molecular weight is 388 g/mol. The van der Waals surface area contributed by atoms with Gasteiger partial charge in [-0.3, -0.25) is 9.89 Å². The number of benzene rings is 1. The van der Waals surface area contributed by atoms with Crippen LogP contribution in [0.25, 0.3) is 11.3 Å². The maximum Gasteiger partial charge on any atom is 0.257 e. The van der Waals surface area contributed by atoms with Gasteiger partial charge in [-0.1, -0.05) is 30.3 Å². The molecule has 7 nitrogen and oxygen atoms in total. The Labute approximate surface area is 169 Å². The summed E-state index contributed by atoms with van der Waals surface area (Å²) in [6.45, 7) is 6.43. The maximum atomic E-state index is 13.3. The second-order valence-corrected chi connectivity index (χ2v) is 8.00. The molecule has 148 valence electrons. The van der Waals surface area contributed by atoms with Crippen LogP contribution >= 0.6 is 0 Å². The third-order valence-corrected chi connectivity index (χ3v) is 6.00. The molecule has 1 amide bonds. The minimum atomic E-state index is 0.0317. The lowest BCUT2D eigenvalue weighted by molar-refractivity contribution is 0.0590. The summed E-state index contributed by atoms with van der Waals surface area (Å²) in [6.07, 6.45) is 2.65. The van der Waals surface area contributed by atoms with Gasteiger partial charge in [-0.25, -0.2) is 9.97 Å². The van der Waals surface area contributed by atoms with Crippen LogP contribution in [0.4, 0.5) is 5.95 Å².